The Morgan fingerprint density at radius 1 is 1.33 bits per heavy atom. The number of hydrogen-bond donors (Lipinski definition) is 1. The number of halogens is 3. The van der Waals surface area contributed by atoms with E-state index < -0.39 is 24.7 Å². The number of nitrogens with zero attached hydrogens (tertiary/aromatic N) is 1. The fourth-order valence-electron chi connectivity index (χ4n) is 3.11. The second-order valence-electron chi connectivity index (χ2n) is 6.53. The van der Waals surface area contributed by atoms with Crippen LogP contribution in [-0.2, 0) is 4.79 Å². The molecule has 0 aromatic carbocycles. The maximum absolute atomic E-state index is 12.8. The molecule has 1 aliphatic rings. The Hall–Kier alpha value is -0.780. The maximum atomic E-state index is 12.8. The zero-order chi connectivity index (χ0) is 16.3. The molecule has 1 unspecified atom stereocenters. The molecule has 21 heavy (non-hydrogen) atoms. The van der Waals surface area contributed by atoms with Gasteiger partial charge in [-0.25, -0.2) is 0 Å². The summed E-state index contributed by atoms with van der Waals surface area (Å²) in [6.45, 7) is 7.06. The Morgan fingerprint density at radius 2 is 1.90 bits per heavy atom. The van der Waals surface area contributed by atoms with Crippen LogP contribution in [0, 0.1) is 5.41 Å². The van der Waals surface area contributed by atoms with Crippen molar-refractivity contribution in [3.05, 3.63) is 0 Å². The third-order valence-electron chi connectivity index (χ3n) is 4.39. The van der Waals surface area contributed by atoms with Crippen molar-refractivity contribution in [2.75, 3.05) is 13.1 Å². The van der Waals surface area contributed by atoms with Crippen molar-refractivity contribution < 1.29 is 18.0 Å². The van der Waals surface area contributed by atoms with E-state index in [9.17, 15) is 18.0 Å². The van der Waals surface area contributed by atoms with Gasteiger partial charge in [-0.2, -0.15) is 13.2 Å². The van der Waals surface area contributed by atoms with E-state index in [-0.39, 0.29) is 11.5 Å². The van der Waals surface area contributed by atoms with E-state index in [0.717, 1.165) is 17.7 Å². The summed E-state index contributed by atoms with van der Waals surface area (Å²) in [5, 5.41) is 3.12. The van der Waals surface area contributed by atoms with Crippen LogP contribution in [0.15, 0.2) is 0 Å². The number of alkyl halides is 3. The highest BCUT2D eigenvalue weighted by Gasteiger charge is 2.43. The van der Waals surface area contributed by atoms with Gasteiger partial charge >= 0.3 is 6.18 Å². The van der Waals surface area contributed by atoms with Crippen LogP contribution in [0.1, 0.15) is 53.4 Å². The quantitative estimate of drug-likeness (QED) is 0.845. The van der Waals surface area contributed by atoms with Crippen molar-refractivity contribution in [3.8, 4) is 0 Å². The molecule has 1 saturated heterocycles. The number of nitrogens with one attached hydrogen (secondary N) is 1. The van der Waals surface area contributed by atoms with Crippen LogP contribution in [0.25, 0.3) is 0 Å². The number of piperidine rings is 1. The largest absolute Gasteiger partial charge is 0.406 e. The first-order valence-electron chi connectivity index (χ1n) is 7.73. The van der Waals surface area contributed by atoms with E-state index in [4.69, 9.17) is 0 Å². The van der Waals surface area contributed by atoms with E-state index in [1.807, 2.05) is 27.7 Å². The summed E-state index contributed by atoms with van der Waals surface area (Å²) in [7, 11) is 0. The molecule has 6 heteroatoms. The van der Waals surface area contributed by atoms with Gasteiger partial charge in [0.25, 0.3) is 0 Å². The van der Waals surface area contributed by atoms with Crippen LogP contribution in [0.2, 0.25) is 0 Å². The van der Waals surface area contributed by atoms with Gasteiger partial charge in [-0.05, 0) is 37.6 Å². The molecule has 1 atom stereocenters. The average Bonchev–Trinajstić information content (AvgIpc) is 2.36. The molecule has 0 spiro atoms. The van der Waals surface area contributed by atoms with Crippen LogP contribution in [0.3, 0.4) is 0 Å². The van der Waals surface area contributed by atoms with Crippen LogP contribution in [0.5, 0.6) is 0 Å². The molecule has 0 saturated carbocycles. The molecule has 0 aliphatic carbocycles. The van der Waals surface area contributed by atoms with E-state index in [0.29, 0.717) is 19.4 Å². The highest BCUT2D eigenvalue weighted by Crippen LogP contribution is 2.32. The second-order valence-corrected chi connectivity index (χ2v) is 6.53. The van der Waals surface area contributed by atoms with E-state index in [1.54, 1.807) is 0 Å². The van der Waals surface area contributed by atoms with Gasteiger partial charge in [0.15, 0.2) is 0 Å². The normalized spacial score (nSPS) is 22.4. The average molecular weight is 308 g/mol. The van der Waals surface area contributed by atoms with E-state index in [1.165, 1.54) is 0 Å². The van der Waals surface area contributed by atoms with Crippen LogP contribution in [0.4, 0.5) is 13.2 Å². The Bertz CT molecular complexity index is 351. The van der Waals surface area contributed by atoms with Crippen LogP contribution >= 0.6 is 0 Å². The van der Waals surface area contributed by atoms with Gasteiger partial charge in [0.05, 0.1) is 6.04 Å². The van der Waals surface area contributed by atoms with Gasteiger partial charge in [-0.1, -0.05) is 27.7 Å². The topological polar surface area (TPSA) is 32.3 Å². The monoisotopic (exact) mass is 308 g/mol. The molecule has 0 aromatic rings. The van der Waals surface area contributed by atoms with Gasteiger partial charge in [0.2, 0.25) is 5.91 Å². The Morgan fingerprint density at radius 3 is 2.33 bits per heavy atom. The lowest BCUT2D eigenvalue weighted by molar-refractivity contribution is -0.169. The minimum Gasteiger partial charge on any atom is -0.329 e. The van der Waals surface area contributed by atoms with Gasteiger partial charge < -0.3 is 10.2 Å². The third kappa shape index (κ3) is 4.87. The minimum absolute atomic E-state index is 0.314. The zero-order valence-corrected chi connectivity index (χ0v) is 13.4. The maximum Gasteiger partial charge on any atom is 0.406 e. The van der Waals surface area contributed by atoms with Crippen LogP contribution < -0.4 is 5.32 Å². The van der Waals surface area contributed by atoms with Crippen molar-refractivity contribution >= 4 is 5.91 Å². The Kier molecular flexibility index (Phi) is 6.08. The van der Waals surface area contributed by atoms with Crippen molar-refractivity contribution in [2.24, 2.45) is 5.41 Å². The lowest BCUT2D eigenvalue weighted by atomic mass is 9.76. The first kappa shape index (κ1) is 18.3. The van der Waals surface area contributed by atoms with E-state index in [2.05, 4.69) is 5.32 Å². The molecule has 1 amide bonds. The highest BCUT2D eigenvalue weighted by atomic mass is 19.4. The molecule has 1 fully saturated rings. The molecule has 0 bridgehead atoms. The molecule has 1 aliphatic heterocycles. The third-order valence-corrected chi connectivity index (χ3v) is 4.39. The fraction of sp³-hybridized carbons (Fsp3) is 0.933. The van der Waals surface area contributed by atoms with Gasteiger partial charge in [0.1, 0.15) is 6.54 Å². The molecule has 0 aromatic heterocycles. The predicted octanol–water partition coefficient (Wildman–Crippen LogP) is 3.34. The summed E-state index contributed by atoms with van der Waals surface area (Å²) in [6, 6.07) is -0.896. The summed E-state index contributed by atoms with van der Waals surface area (Å²) in [6.07, 6.45) is -1.51. The van der Waals surface area contributed by atoms with E-state index >= 15 is 0 Å². The van der Waals surface area contributed by atoms with Gasteiger partial charge in [-0.15, -0.1) is 0 Å². The smallest absolute Gasteiger partial charge is 0.329 e. The Balaban J connectivity index is 2.98. The Labute approximate surface area is 125 Å². The molecule has 1 rings (SSSR count). The first-order valence-corrected chi connectivity index (χ1v) is 7.73. The summed E-state index contributed by atoms with van der Waals surface area (Å²) >= 11 is 0. The number of carbonyl (C=O) groups excluding carboxylic acids is 1. The number of amides is 1. The number of rotatable bonds is 5. The molecule has 3 nitrogen and oxygen atoms in total. The van der Waals surface area contributed by atoms with Crippen molar-refractivity contribution in [1.29, 1.82) is 0 Å². The minimum atomic E-state index is -4.36. The molecule has 1 N–H and O–H groups in total. The molecule has 0 radical (unpaired) electrons. The lowest BCUT2D eigenvalue weighted by Gasteiger charge is -2.42. The molecule has 1 heterocycles. The SMILES string of the molecule is CCC(CC)N(CC(F)(F)F)C(=O)C1NCCCC1(C)C. The predicted molar refractivity (Wildman–Crippen MR) is 76.9 cm³/mol. The molecular weight excluding hydrogens is 281 g/mol. The molecule has 124 valence electrons. The standard InChI is InChI=1S/C15H27F3N2O/c1-5-11(6-2)20(10-15(16,17)18)13(21)12-14(3,4)8-7-9-19-12/h11-12,19H,5-10H2,1-4H3. The second kappa shape index (κ2) is 6.99. The molecular formula is C15H27F3N2O. The summed E-state index contributed by atoms with van der Waals surface area (Å²) in [4.78, 5) is 13.7. The number of carbonyl (C=O) groups is 1. The summed E-state index contributed by atoms with van der Waals surface area (Å²) in [5.74, 6) is -0.411. The lowest BCUT2D eigenvalue weighted by Crippen LogP contribution is -2.59. The summed E-state index contributed by atoms with van der Waals surface area (Å²) in [5.41, 5.74) is -0.314. The van der Waals surface area contributed by atoms with Gasteiger partial charge in [-0.3, -0.25) is 4.79 Å². The van der Waals surface area contributed by atoms with Crippen molar-refractivity contribution in [2.45, 2.75) is 71.6 Å². The summed E-state index contributed by atoms with van der Waals surface area (Å²) < 4.78 is 38.5. The highest BCUT2D eigenvalue weighted by molar-refractivity contribution is 5.83. The zero-order valence-electron chi connectivity index (χ0n) is 13.4. The van der Waals surface area contributed by atoms with Crippen LogP contribution in [-0.4, -0.2) is 42.2 Å². The van der Waals surface area contributed by atoms with Crippen molar-refractivity contribution in [3.63, 3.8) is 0 Å². The fourth-order valence-corrected chi connectivity index (χ4v) is 3.11. The van der Waals surface area contributed by atoms with Crippen molar-refractivity contribution in [1.82, 2.24) is 10.2 Å². The number of hydrogen-bond acceptors (Lipinski definition) is 2. The van der Waals surface area contributed by atoms with Gasteiger partial charge in [0, 0.05) is 6.04 Å². The first-order chi connectivity index (χ1) is 9.62.